The molecule has 0 aromatic heterocycles. The number of benzene rings is 4. The number of methoxy groups -OCH3 is 1. The van der Waals surface area contributed by atoms with Gasteiger partial charge in [-0.1, -0.05) is 103 Å². The number of carbonyl (C=O) groups is 3. The Balaban J connectivity index is 1.54. The van der Waals surface area contributed by atoms with E-state index >= 15 is 0 Å². The highest BCUT2D eigenvalue weighted by Crippen LogP contribution is 2.28. The normalized spacial score (nSPS) is 11.4. The lowest BCUT2D eigenvalue weighted by atomic mass is 9.90. The highest BCUT2D eigenvalue weighted by Gasteiger charge is 2.27. The Morgan fingerprint density at radius 2 is 1.21 bits per heavy atom. The van der Waals surface area contributed by atoms with E-state index < -0.39 is 17.9 Å². The van der Waals surface area contributed by atoms with Gasteiger partial charge < -0.3 is 14.8 Å². The van der Waals surface area contributed by atoms with Crippen molar-refractivity contribution in [1.29, 1.82) is 0 Å². The molecule has 6 heteroatoms. The van der Waals surface area contributed by atoms with Gasteiger partial charge in [0.05, 0.1) is 25.5 Å². The molecule has 0 unspecified atom stereocenters. The summed E-state index contributed by atoms with van der Waals surface area (Å²) in [5, 5.41) is 3.05. The van der Waals surface area contributed by atoms with Crippen molar-refractivity contribution < 1.29 is 23.9 Å². The predicted octanol–water partition coefficient (Wildman–Crippen LogP) is 5.50. The maximum atomic E-state index is 13.7. The van der Waals surface area contributed by atoms with E-state index in [0.717, 1.165) is 11.1 Å². The number of ether oxygens (including phenoxy) is 2. The first-order chi connectivity index (χ1) is 18.5. The molecule has 4 rings (SSSR count). The first-order valence-electron chi connectivity index (χ1n) is 12.3. The molecule has 1 N–H and O–H groups in total. The third-order valence-corrected chi connectivity index (χ3v) is 6.19. The van der Waals surface area contributed by atoms with E-state index in [9.17, 15) is 14.4 Å². The Hall–Kier alpha value is -4.71. The number of hydrogen-bond acceptors (Lipinski definition) is 5. The summed E-state index contributed by atoms with van der Waals surface area (Å²) >= 11 is 0. The third kappa shape index (κ3) is 6.95. The fourth-order valence-corrected chi connectivity index (χ4v) is 4.21. The first kappa shape index (κ1) is 26.4. The number of esters is 1. The summed E-state index contributed by atoms with van der Waals surface area (Å²) in [5.41, 5.74) is 2.85. The number of hydrogen-bond donors (Lipinski definition) is 1. The minimum Gasteiger partial charge on any atom is -0.497 e. The molecule has 0 aliphatic rings. The highest BCUT2D eigenvalue weighted by atomic mass is 16.5. The van der Waals surface area contributed by atoms with Crippen LogP contribution in [0.15, 0.2) is 115 Å². The molecule has 0 radical (unpaired) electrons. The van der Waals surface area contributed by atoms with E-state index in [1.807, 2.05) is 66.7 Å². The number of ketones is 1. The molecule has 0 fully saturated rings. The van der Waals surface area contributed by atoms with Gasteiger partial charge >= 0.3 is 5.97 Å². The van der Waals surface area contributed by atoms with E-state index in [-0.39, 0.29) is 24.7 Å². The van der Waals surface area contributed by atoms with Crippen molar-refractivity contribution in [3.05, 3.63) is 138 Å². The number of rotatable bonds is 11. The maximum Gasteiger partial charge on any atom is 0.308 e. The topological polar surface area (TPSA) is 81.7 Å². The molecule has 0 spiro atoms. The Bertz CT molecular complexity index is 1300. The highest BCUT2D eigenvalue weighted by molar-refractivity contribution is 5.98. The lowest BCUT2D eigenvalue weighted by Gasteiger charge is -2.23. The molecule has 4 aromatic rings. The molecule has 38 heavy (non-hydrogen) atoms. The van der Waals surface area contributed by atoms with Crippen LogP contribution in [0.5, 0.6) is 5.75 Å². The summed E-state index contributed by atoms with van der Waals surface area (Å²) in [7, 11) is 1.57. The number of nitrogens with one attached hydrogen (secondary N) is 1. The van der Waals surface area contributed by atoms with E-state index in [2.05, 4.69) is 5.32 Å². The standard InChI is InChI=1S/C32H29NO5/c1-37-27-19-17-23(18-20-27)28(21-30(35)38-22-29(34)24-11-5-2-6-12-24)33-32(36)31(25-13-7-3-8-14-25)26-15-9-4-10-16-26/h2-20,28,31H,21-22H2,1H3,(H,33,36)/t28-/m0/s1. The third-order valence-electron chi connectivity index (χ3n) is 6.19. The minimum atomic E-state index is -0.678. The first-order valence-corrected chi connectivity index (χ1v) is 12.3. The van der Waals surface area contributed by atoms with Crippen LogP contribution >= 0.6 is 0 Å². The molecular weight excluding hydrogens is 478 g/mol. The van der Waals surface area contributed by atoms with E-state index in [0.29, 0.717) is 16.9 Å². The smallest absolute Gasteiger partial charge is 0.308 e. The van der Waals surface area contributed by atoms with Gasteiger partial charge in [0.2, 0.25) is 5.91 Å². The van der Waals surface area contributed by atoms with Crippen molar-refractivity contribution in [3.8, 4) is 5.75 Å². The molecule has 1 amide bonds. The van der Waals surface area contributed by atoms with Crippen LogP contribution in [0.3, 0.4) is 0 Å². The molecule has 0 saturated heterocycles. The summed E-state index contributed by atoms with van der Waals surface area (Å²) < 4.78 is 10.6. The molecule has 192 valence electrons. The molecule has 0 aliphatic heterocycles. The van der Waals surface area contributed by atoms with Crippen LogP contribution in [-0.4, -0.2) is 31.4 Å². The number of Topliss-reactive ketones (excluding diaryl/α,β-unsaturated/α-hetero) is 1. The average molecular weight is 508 g/mol. The van der Waals surface area contributed by atoms with Crippen LogP contribution in [0.2, 0.25) is 0 Å². The van der Waals surface area contributed by atoms with Crippen molar-refractivity contribution in [2.75, 3.05) is 13.7 Å². The zero-order chi connectivity index (χ0) is 26.7. The van der Waals surface area contributed by atoms with Crippen LogP contribution in [0, 0.1) is 0 Å². The molecule has 4 aromatic carbocycles. The van der Waals surface area contributed by atoms with E-state index in [1.165, 1.54) is 0 Å². The SMILES string of the molecule is COc1ccc([C@H](CC(=O)OCC(=O)c2ccccc2)NC(=O)C(c2ccccc2)c2ccccc2)cc1. The lowest BCUT2D eigenvalue weighted by molar-refractivity contribution is -0.143. The molecule has 0 bridgehead atoms. The predicted molar refractivity (Wildman–Crippen MR) is 145 cm³/mol. The molecule has 1 atom stereocenters. The van der Waals surface area contributed by atoms with Crippen molar-refractivity contribution >= 4 is 17.7 Å². The van der Waals surface area contributed by atoms with Crippen LogP contribution in [0.1, 0.15) is 45.4 Å². The van der Waals surface area contributed by atoms with E-state index in [1.54, 1.807) is 55.6 Å². The Labute approximate surface area is 222 Å². The minimum absolute atomic E-state index is 0.142. The average Bonchev–Trinajstić information content (AvgIpc) is 2.97. The molecule has 0 saturated carbocycles. The van der Waals surface area contributed by atoms with Crippen LogP contribution < -0.4 is 10.1 Å². The van der Waals surface area contributed by atoms with Gasteiger partial charge in [0.15, 0.2) is 12.4 Å². The van der Waals surface area contributed by atoms with Crippen molar-refractivity contribution in [1.82, 2.24) is 5.32 Å². The van der Waals surface area contributed by atoms with Gasteiger partial charge in [-0.05, 0) is 28.8 Å². The molecular formula is C32H29NO5. The molecule has 6 nitrogen and oxygen atoms in total. The van der Waals surface area contributed by atoms with Gasteiger partial charge in [-0.15, -0.1) is 0 Å². The number of carbonyl (C=O) groups excluding carboxylic acids is 3. The largest absolute Gasteiger partial charge is 0.497 e. The summed E-state index contributed by atoms with van der Waals surface area (Å²) in [6.07, 6.45) is -0.142. The Morgan fingerprint density at radius 1 is 0.684 bits per heavy atom. The quantitative estimate of drug-likeness (QED) is 0.214. The van der Waals surface area contributed by atoms with Crippen molar-refractivity contribution in [2.45, 2.75) is 18.4 Å². The lowest BCUT2D eigenvalue weighted by Crippen LogP contribution is -2.35. The van der Waals surface area contributed by atoms with Crippen LogP contribution in [-0.2, 0) is 14.3 Å². The van der Waals surface area contributed by atoms with E-state index in [4.69, 9.17) is 9.47 Å². The van der Waals surface area contributed by atoms with Crippen LogP contribution in [0.25, 0.3) is 0 Å². The molecule has 0 heterocycles. The van der Waals surface area contributed by atoms with Crippen molar-refractivity contribution in [2.24, 2.45) is 0 Å². The second-order valence-electron chi connectivity index (χ2n) is 8.74. The Kier molecular flexibility index (Phi) is 9.03. The fraction of sp³-hybridized carbons (Fsp3) is 0.156. The monoisotopic (exact) mass is 507 g/mol. The second kappa shape index (κ2) is 13.0. The second-order valence-corrected chi connectivity index (χ2v) is 8.74. The van der Waals surface area contributed by atoms with Gasteiger partial charge in [-0.25, -0.2) is 0 Å². The maximum absolute atomic E-state index is 13.7. The zero-order valence-electron chi connectivity index (χ0n) is 21.1. The zero-order valence-corrected chi connectivity index (χ0v) is 21.1. The van der Waals surface area contributed by atoms with Gasteiger partial charge in [0.1, 0.15) is 5.75 Å². The fourth-order valence-electron chi connectivity index (χ4n) is 4.21. The summed E-state index contributed by atoms with van der Waals surface area (Å²) in [6.45, 7) is -0.372. The van der Waals surface area contributed by atoms with Crippen molar-refractivity contribution in [3.63, 3.8) is 0 Å². The van der Waals surface area contributed by atoms with Gasteiger partial charge in [0, 0.05) is 5.56 Å². The summed E-state index contributed by atoms with van der Waals surface area (Å²) in [4.78, 5) is 39.0. The van der Waals surface area contributed by atoms with Gasteiger partial charge in [-0.2, -0.15) is 0 Å². The number of amides is 1. The van der Waals surface area contributed by atoms with Gasteiger partial charge in [-0.3, -0.25) is 14.4 Å². The summed E-state index contributed by atoms with van der Waals surface area (Å²) in [5.74, 6) is -1.06. The molecule has 0 aliphatic carbocycles. The Morgan fingerprint density at radius 3 is 1.74 bits per heavy atom. The van der Waals surface area contributed by atoms with Crippen LogP contribution in [0.4, 0.5) is 0 Å². The van der Waals surface area contributed by atoms with Gasteiger partial charge in [0.25, 0.3) is 0 Å². The summed E-state index contributed by atoms with van der Waals surface area (Å²) in [6, 6.07) is 34.1.